The molecule has 1 N–H and O–H groups in total. The fourth-order valence-electron chi connectivity index (χ4n) is 2.08. The van der Waals surface area contributed by atoms with Crippen molar-refractivity contribution in [3.63, 3.8) is 0 Å². The number of amides is 1. The van der Waals surface area contributed by atoms with Crippen LogP contribution < -0.4 is 10.1 Å². The first-order chi connectivity index (χ1) is 11.8. The van der Waals surface area contributed by atoms with Crippen LogP contribution in [0.1, 0.15) is 21.5 Å². The van der Waals surface area contributed by atoms with Crippen molar-refractivity contribution in [2.24, 2.45) is 0 Å². The van der Waals surface area contributed by atoms with E-state index >= 15 is 0 Å². The van der Waals surface area contributed by atoms with Crippen molar-refractivity contribution in [1.29, 1.82) is 0 Å². The minimum atomic E-state index is -2.91. The van der Waals surface area contributed by atoms with Crippen molar-refractivity contribution in [2.45, 2.75) is 20.5 Å². The fourth-order valence-corrected chi connectivity index (χ4v) is 2.08. The number of esters is 1. The maximum absolute atomic E-state index is 12.1. The van der Waals surface area contributed by atoms with Gasteiger partial charge in [0.25, 0.3) is 5.91 Å². The van der Waals surface area contributed by atoms with Gasteiger partial charge in [0.15, 0.2) is 6.61 Å². The lowest BCUT2D eigenvalue weighted by Crippen LogP contribution is -2.21. The fraction of sp³-hybridized carbons (Fsp3) is 0.222. The number of carbonyl (C=O) groups excluding carboxylic acids is 2. The van der Waals surface area contributed by atoms with Gasteiger partial charge in [-0.1, -0.05) is 17.7 Å². The highest BCUT2D eigenvalue weighted by Gasteiger charge is 2.13. The predicted octanol–water partition coefficient (Wildman–Crippen LogP) is 3.70. The number of hydrogen-bond donors (Lipinski definition) is 1. The maximum atomic E-state index is 12.1. The molecular weight excluding hydrogens is 332 g/mol. The molecule has 0 unspecified atom stereocenters. The first-order valence-corrected chi connectivity index (χ1v) is 7.44. The SMILES string of the molecule is Cc1ccc(C)c(C(=O)OCC(=O)Nc2ccc(OC(F)F)cc2)c1. The maximum Gasteiger partial charge on any atom is 0.387 e. The molecule has 0 aliphatic rings. The van der Waals surface area contributed by atoms with Crippen LogP contribution in [0.4, 0.5) is 14.5 Å². The molecule has 132 valence electrons. The Labute approximate surface area is 143 Å². The topological polar surface area (TPSA) is 64.6 Å². The molecule has 2 aromatic rings. The molecule has 2 rings (SSSR count). The van der Waals surface area contributed by atoms with Crippen LogP contribution in [0.15, 0.2) is 42.5 Å². The Hall–Kier alpha value is -2.96. The van der Waals surface area contributed by atoms with E-state index in [4.69, 9.17) is 4.74 Å². The van der Waals surface area contributed by atoms with Gasteiger partial charge in [0, 0.05) is 5.69 Å². The van der Waals surface area contributed by atoms with Crippen LogP contribution >= 0.6 is 0 Å². The van der Waals surface area contributed by atoms with Gasteiger partial charge >= 0.3 is 12.6 Å². The number of hydrogen-bond acceptors (Lipinski definition) is 4. The lowest BCUT2D eigenvalue weighted by atomic mass is 10.1. The minimum absolute atomic E-state index is 0.0191. The highest BCUT2D eigenvalue weighted by Crippen LogP contribution is 2.17. The molecule has 0 aromatic heterocycles. The smallest absolute Gasteiger partial charge is 0.387 e. The Kier molecular flexibility index (Phi) is 6.05. The van der Waals surface area contributed by atoms with Crippen LogP contribution in [0, 0.1) is 13.8 Å². The second-order valence-electron chi connectivity index (χ2n) is 5.35. The summed E-state index contributed by atoms with van der Waals surface area (Å²) in [6.45, 7) is 0.259. The van der Waals surface area contributed by atoms with Gasteiger partial charge in [0.1, 0.15) is 5.75 Å². The molecule has 0 saturated heterocycles. The molecule has 0 radical (unpaired) electrons. The van der Waals surface area contributed by atoms with Gasteiger partial charge in [-0.25, -0.2) is 4.79 Å². The zero-order chi connectivity index (χ0) is 18.4. The number of benzene rings is 2. The summed E-state index contributed by atoms with van der Waals surface area (Å²) in [5.74, 6) is -1.15. The summed E-state index contributed by atoms with van der Waals surface area (Å²) in [7, 11) is 0. The summed E-state index contributed by atoms with van der Waals surface area (Å²) in [6.07, 6.45) is 0. The summed E-state index contributed by atoms with van der Waals surface area (Å²) < 4.78 is 33.3. The monoisotopic (exact) mass is 349 g/mol. The number of halogens is 2. The summed E-state index contributed by atoms with van der Waals surface area (Å²) in [6, 6.07) is 10.8. The molecular formula is C18H17F2NO4. The normalized spacial score (nSPS) is 10.4. The first kappa shape index (κ1) is 18.4. The molecule has 7 heteroatoms. The van der Waals surface area contributed by atoms with E-state index in [0.29, 0.717) is 11.3 Å². The van der Waals surface area contributed by atoms with Crippen molar-refractivity contribution in [2.75, 3.05) is 11.9 Å². The second-order valence-corrected chi connectivity index (χ2v) is 5.35. The molecule has 0 aliphatic carbocycles. The van der Waals surface area contributed by atoms with Gasteiger partial charge in [0.2, 0.25) is 0 Å². The van der Waals surface area contributed by atoms with Gasteiger partial charge in [-0.2, -0.15) is 8.78 Å². The predicted molar refractivity (Wildman–Crippen MR) is 87.9 cm³/mol. The van der Waals surface area contributed by atoms with Crippen LogP contribution in [-0.2, 0) is 9.53 Å². The molecule has 0 spiro atoms. The number of aryl methyl sites for hydroxylation is 2. The summed E-state index contributed by atoms with van der Waals surface area (Å²) >= 11 is 0. The lowest BCUT2D eigenvalue weighted by molar-refractivity contribution is -0.119. The van der Waals surface area contributed by atoms with Crippen molar-refractivity contribution in [1.82, 2.24) is 0 Å². The minimum Gasteiger partial charge on any atom is -0.452 e. The van der Waals surface area contributed by atoms with Crippen LogP contribution in [0.25, 0.3) is 0 Å². The van der Waals surface area contributed by atoms with E-state index in [1.165, 1.54) is 24.3 Å². The van der Waals surface area contributed by atoms with E-state index in [2.05, 4.69) is 10.1 Å². The summed E-state index contributed by atoms with van der Waals surface area (Å²) in [5, 5.41) is 2.50. The van der Waals surface area contributed by atoms with E-state index in [1.54, 1.807) is 19.1 Å². The average molecular weight is 349 g/mol. The molecule has 25 heavy (non-hydrogen) atoms. The Morgan fingerprint density at radius 1 is 1.08 bits per heavy atom. The number of ether oxygens (including phenoxy) is 2. The van der Waals surface area contributed by atoms with E-state index in [-0.39, 0.29) is 5.75 Å². The zero-order valence-corrected chi connectivity index (χ0v) is 13.7. The van der Waals surface area contributed by atoms with Gasteiger partial charge in [-0.3, -0.25) is 4.79 Å². The Morgan fingerprint density at radius 3 is 2.40 bits per heavy atom. The van der Waals surface area contributed by atoms with Crippen molar-refractivity contribution >= 4 is 17.6 Å². The molecule has 0 saturated carbocycles. The largest absolute Gasteiger partial charge is 0.452 e. The lowest BCUT2D eigenvalue weighted by Gasteiger charge is -2.09. The highest BCUT2D eigenvalue weighted by atomic mass is 19.3. The second kappa shape index (κ2) is 8.23. The van der Waals surface area contributed by atoms with E-state index in [1.807, 2.05) is 13.0 Å². The number of carbonyl (C=O) groups is 2. The molecule has 0 bridgehead atoms. The third-order valence-electron chi connectivity index (χ3n) is 3.31. The molecule has 0 heterocycles. The van der Waals surface area contributed by atoms with Crippen LogP contribution in [-0.4, -0.2) is 25.1 Å². The molecule has 2 aromatic carbocycles. The van der Waals surface area contributed by atoms with E-state index < -0.39 is 25.1 Å². The van der Waals surface area contributed by atoms with Gasteiger partial charge in [0.05, 0.1) is 5.56 Å². The Bertz CT molecular complexity index is 760. The summed E-state index contributed by atoms with van der Waals surface area (Å²) in [5.41, 5.74) is 2.44. The number of alkyl halides is 2. The Balaban J connectivity index is 1.88. The average Bonchev–Trinajstić information content (AvgIpc) is 2.56. The van der Waals surface area contributed by atoms with Crippen molar-refractivity contribution < 1.29 is 27.8 Å². The van der Waals surface area contributed by atoms with Crippen molar-refractivity contribution in [3.05, 3.63) is 59.2 Å². The molecule has 0 fully saturated rings. The van der Waals surface area contributed by atoms with Crippen LogP contribution in [0.5, 0.6) is 5.75 Å². The molecule has 0 atom stereocenters. The van der Waals surface area contributed by atoms with Gasteiger partial charge in [-0.05, 0) is 49.7 Å². The first-order valence-electron chi connectivity index (χ1n) is 7.44. The third-order valence-corrected chi connectivity index (χ3v) is 3.31. The number of nitrogens with one attached hydrogen (secondary N) is 1. The standard InChI is InChI=1S/C18H17F2NO4/c1-11-3-4-12(2)15(9-11)17(23)24-10-16(22)21-13-5-7-14(8-6-13)25-18(19)20/h3-9,18H,10H2,1-2H3,(H,21,22). The Morgan fingerprint density at radius 2 is 1.76 bits per heavy atom. The van der Waals surface area contributed by atoms with Crippen LogP contribution in [0.2, 0.25) is 0 Å². The zero-order valence-electron chi connectivity index (χ0n) is 13.7. The van der Waals surface area contributed by atoms with Crippen molar-refractivity contribution in [3.8, 4) is 5.75 Å². The van der Waals surface area contributed by atoms with E-state index in [0.717, 1.165) is 11.1 Å². The van der Waals surface area contributed by atoms with E-state index in [9.17, 15) is 18.4 Å². The van der Waals surface area contributed by atoms with Gasteiger partial charge < -0.3 is 14.8 Å². The number of rotatable bonds is 6. The summed E-state index contributed by atoms with van der Waals surface area (Å²) in [4.78, 5) is 23.9. The number of anilines is 1. The highest BCUT2D eigenvalue weighted by molar-refractivity contribution is 5.96. The molecule has 5 nitrogen and oxygen atoms in total. The quantitative estimate of drug-likeness (QED) is 0.808. The third kappa shape index (κ3) is 5.56. The molecule has 0 aliphatic heterocycles. The van der Waals surface area contributed by atoms with Crippen LogP contribution in [0.3, 0.4) is 0 Å². The van der Waals surface area contributed by atoms with Gasteiger partial charge in [-0.15, -0.1) is 0 Å². The molecule has 1 amide bonds.